The average Bonchev–Trinajstić information content (AvgIpc) is 3.58. The summed E-state index contributed by atoms with van der Waals surface area (Å²) in [4.78, 5) is 33.8. The number of H-pyrrole nitrogens is 1. The average molecular weight is 505 g/mol. The van der Waals surface area contributed by atoms with Gasteiger partial charge in [0.2, 0.25) is 0 Å². The maximum absolute atomic E-state index is 13.9. The lowest BCUT2D eigenvalue weighted by molar-refractivity contribution is 0.0922. The first-order chi connectivity index (χ1) is 17.4. The molecule has 1 amide bonds. The third-order valence-electron chi connectivity index (χ3n) is 6.66. The van der Waals surface area contributed by atoms with Crippen LogP contribution in [-0.2, 0) is 7.05 Å². The maximum atomic E-state index is 13.9. The molecule has 3 N–H and O–H groups in total. The zero-order chi connectivity index (χ0) is 24.8. The summed E-state index contributed by atoms with van der Waals surface area (Å²) >= 11 is 1.47. The highest BCUT2D eigenvalue weighted by atomic mass is 32.1. The summed E-state index contributed by atoms with van der Waals surface area (Å²) < 4.78 is 15.9. The Hall–Kier alpha value is -3.86. The first-order valence-corrected chi connectivity index (χ1v) is 12.8. The minimum atomic E-state index is -0.412. The van der Waals surface area contributed by atoms with E-state index in [9.17, 15) is 9.18 Å². The zero-order valence-corrected chi connectivity index (χ0v) is 20.7. The molecule has 1 aliphatic carbocycles. The number of carbonyl (C=O) groups is 1. The van der Waals surface area contributed by atoms with Gasteiger partial charge in [0.25, 0.3) is 5.91 Å². The highest BCUT2D eigenvalue weighted by molar-refractivity contribution is 7.09. The lowest BCUT2D eigenvalue weighted by atomic mass is 9.90. The molecule has 0 saturated heterocycles. The second-order valence-corrected chi connectivity index (χ2v) is 10.3. The van der Waals surface area contributed by atoms with E-state index in [1.165, 1.54) is 23.6 Å². The third kappa shape index (κ3) is 4.19. The highest BCUT2D eigenvalue weighted by Crippen LogP contribution is 2.31. The van der Waals surface area contributed by atoms with Gasteiger partial charge in [0.05, 0.1) is 16.6 Å². The van der Waals surface area contributed by atoms with Crippen molar-refractivity contribution in [1.29, 1.82) is 0 Å². The molecule has 2 unspecified atom stereocenters. The maximum Gasteiger partial charge on any atom is 0.270 e. The number of amides is 1. The fraction of sp³-hybridized carbons (Fsp3) is 0.320. The number of thiazole rings is 1. The Morgan fingerprint density at radius 1 is 1.22 bits per heavy atom. The summed E-state index contributed by atoms with van der Waals surface area (Å²) in [5, 5.41) is 11.0. The lowest BCUT2D eigenvalue weighted by Gasteiger charge is -2.30. The van der Waals surface area contributed by atoms with Crippen LogP contribution in [-0.4, -0.2) is 47.5 Å². The van der Waals surface area contributed by atoms with Crippen LogP contribution in [0.4, 0.5) is 10.2 Å². The number of aromatic amines is 1. The van der Waals surface area contributed by atoms with E-state index in [0.717, 1.165) is 47.5 Å². The largest absolute Gasteiger partial charge is 0.367 e. The number of aromatic nitrogens is 6. The SMILES string of the molecule is Cc1nc(C(=O)NC2CCCC(Nc3nc(-c4c[nH]c5ncc(F)cc45)nc4c3ccn4C)C2)cs1. The van der Waals surface area contributed by atoms with Crippen LogP contribution >= 0.6 is 11.3 Å². The third-order valence-corrected chi connectivity index (χ3v) is 7.44. The number of pyridine rings is 1. The van der Waals surface area contributed by atoms with E-state index in [0.29, 0.717) is 28.1 Å². The Kier molecular flexibility index (Phi) is 5.63. The van der Waals surface area contributed by atoms with E-state index < -0.39 is 5.82 Å². The van der Waals surface area contributed by atoms with Crippen molar-refractivity contribution in [3.63, 3.8) is 0 Å². The highest BCUT2D eigenvalue weighted by Gasteiger charge is 2.26. The van der Waals surface area contributed by atoms with E-state index in [1.807, 2.05) is 30.8 Å². The van der Waals surface area contributed by atoms with Gasteiger partial charge in [-0.25, -0.2) is 24.3 Å². The van der Waals surface area contributed by atoms with Gasteiger partial charge >= 0.3 is 0 Å². The molecule has 0 radical (unpaired) electrons. The predicted octanol–water partition coefficient (Wildman–Crippen LogP) is 4.57. The molecule has 1 aliphatic rings. The number of hydrogen-bond acceptors (Lipinski definition) is 7. The molecule has 184 valence electrons. The number of halogens is 1. The first kappa shape index (κ1) is 22.6. The van der Waals surface area contributed by atoms with Gasteiger partial charge in [-0.3, -0.25) is 4.79 Å². The van der Waals surface area contributed by atoms with E-state index in [1.54, 1.807) is 11.6 Å². The molecule has 9 nitrogen and oxygen atoms in total. The number of anilines is 1. The van der Waals surface area contributed by atoms with Crippen LogP contribution in [0.5, 0.6) is 0 Å². The van der Waals surface area contributed by atoms with Gasteiger partial charge in [0, 0.05) is 47.9 Å². The summed E-state index contributed by atoms with van der Waals surface area (Å²) in [7, 11) is 1.94. The first-order valence-electron chi connectivity index (χ1n) is 11.9. The second-order valence-electron chi connectivity index (χ2n) is 9.24. The lowest BCUT2D eigenvalue weighted by Crippen LogP contribution is -2.42. The van der Waals surface area contributed by atoms with E-state index in [4.69, 9.17) is 9.97 Å². The van der Waals surface area contributed by atoms with Crippen LogP contribution < -0.4 is 10.6 Å². The molecule has 11 heteroatoms. The summed E-state index contributed by atoms with van der Waals surface area (Å²) in [5.41, 5.74) is 2.53. The van der Waals surface area contributed by atoms with Crippen molar-refractivity contribution in [3.8, 4) is 11.4 Å². The van der Waals surface area contributed by atoms with Crippen LogP contribution in [0.25, 0.3) is 33.5 Å². The molecule has 2 atom stereocenters. The van der Waals surface area contributed by atoms with Crippen molar-refractivity contribution in [2.24, 2.45) is 7.05 Å². The summed E-state index contributed by atoms with van der Waals surface area (Å²) in [5.74, 6) is 0.677. The number of rotatable bonds is 5. The number of nitrogens with one attached hydrogen (secondary N) is 3. The molecule has 5 aromatic rings. The minimum absolute atomic E-state index is 0.0565. The molecule has 0 aliphatic heterocycles. The molecular weight excluding hydrogens is 479 g/mol. The van der Waals surface area contributed by atoms with Crippen LogP contribution in [0.2, 0.25) is 0 Å². The van der Waals surface area contributed by atoms with Gasteiger partial charge in [-0.2, -0.15) is 0 Å². The number of carbonyl (C=O) groups excluding carboxylic acids is 1. The minimum Gasteiger partial charge on any atom is -0.367 e. The van der Waals surface area contributed by atoms with Gasteiger partial charge in [0.15, 0.2) is 5.82 Å². The number of aryl methyl sites for hydroxylation is 2. The molecular formula is C25H25FN8OS. The summed E-state index contributed by atoms with van der Waals surface area (Å²) in [6.07, 6.45) is 8.56. The number of nitrogens with zero attached hydrogens (tertiary/aromatic N) is 5. The molecule has 0 bridgehead atoms. The van der Waals surface area contributed by atoms with Crippen LogP contribution in [0.15, 0.2) is 36.1 Å². The van der Waals surface area contributed by atoms with Crippen molar-refractivity contribution in [2.75, 3.05) is 5.32 Å². The van der Waals surface area contributed by atoms with Crippen LogP contribution in [0.1, 0.15) is 41.2 Å². The Morgan fingerprint density at radius 3 is 2.92 bits per heavy atom. The molecule has 5 aromatic heterocycles. The quantitative estimate of drug-likeness (QED) is 0.323. The Balaban J connectivity index is 1.28. The number of fused-ring (bicyclic) bond motifs is 2. The zero-order valence-electron chi connectivity index (χ0n) is 19.9. The van der Waals surface area contributed by atoms with Gasteiger partial charge in [0.1, 0.15) is 28.6 Å². The van der Waals surface area contributed by atoms with Crippen molar-refractivity contribution in [2.45, 2.75) is 44.7 Å². The van der Waals surface area contributed by atoms with Crippen LogP contribution in [0.3, 0.4) is 0 Å². The molecule has 0 aromatic carbocycles. The number of hydrogen-bond donors (Lipinski definition) is 3. The van der Waals surface area contributed by atoms with Gasteiger partial charge in [-0.1, -0.05) is 0 Å². The van der Waals surface area contributed by atoms with Crippen molar-refractivity contribution >= 4 is 45.1 Å². The second kappa shape index (κ2) is 8.98. The fourth-order valence-corrected chi connectivity index (χ4v) is 5.50. The smallest absolute Gasteiger partial charge is 0.270 e. The normalized spacial score (nSPS) is 18.1. The molecule has 6 rings (SSSR count). The van der Waals surface area contributed by atoms with Gasteiger partial charge in [-0.15, -0.1) is 11.3 Å². The van der Waals surface area contributed by atoms with Crippen molar-refractivity contribution in [1.82, 2.24) is 34.8 Å². The Labute approximate surface area is 210 Å². The van der Waals surface area contributed by atoms with E-state index in [2.05, 4.69) is 25.6 Å². The van der Waals surface area contributed by atoms with Crippen molar-refractivity contribution in [3.05, 3.63) is 52.6 Å². The summed E-state index contributed by atoms with van der Waals surface area (Å²) in [6.45, 7) is 1.89. The molecule has 0 spiro atoms. The molecule has 36 heavy (non-hydrogen) atoms. The van der Waals surface area contributed by atoms with E-state index in [-0.39, 0.29) is 18.0 Å². The van der Waals surface area contributed by atoms with Crippen molar-refractivity contribution < 1.29 is 9.18 Å². The molecule has 1 saturated carbocycles. The molecule has 1 fully saturated rings. The fourth-order valence-electron chi connectivity index (χ4n) is 4.90. The topological polar surface area (TPSA) is 113 Å². The Morgan fingerprint density at radius 2 is 2.08 bits per heavy atom. The van der Waals surface area contributed by atoms with Gasteiger partial charge in [-0.05, 0) is 44.7 Å². The molecule has 5 heterocycles. The standard InChI is InChI=1S/C25H25FN8OS/c1-13-29-20(12-36-13)25(35)31-16-5-3-4-15(9-16)30-22-17-6-7-34(2)24(17)33-23(32-22)19-11-28-21-18(19)8-14(26)10-27-21/h6-8,10-12,15-16H,3-5,9H2,1-2H3,(H,27,28)(H,31,35)(H,30,32,33). The summed E-state index contributed by atoms with van der Waals surface area (Å²) in [6, 6.07) is 3.62. The Bertz CT molecular complexity index is 1590. The van der Waals surface area contributed by atoms with Crippen LogP contribution in [0, 0.1) is 12.7 Å². The van der Waals surface area contributed by atoms with Gasteiger partial charge < -0.3 is 20.2 Å². The predicted molar refractivity (Wildman–Crippen MR) is 138 cm³/mol. The monoisotopic (exact) mass is 504 g/mol. The van der Waals surface area contributed by atoms with E-state index >= 15 is 0 Å².